The quantitative estimate of drug-likeness (QED) is 0.480. The van der Waals surface area contributed by atoms with E-state index in [9.17, 15) is 5.11 Å². The van der Waals surface area contributed by atoms with Gasteiger partial charge in [0.05, 0.1) is 19.9 Å². The normalized spacial score (nSPS) is 11.8. The Morgan fingerprint density at radius 1 is 1.07 bits per heavy atom. The Hall–Kier alpha value is -3.80. The van der Waals surface area contributed by atoms with Crippen molar-refractivity contribution < 1.29 is 19.6 Å². The molecule has 6 nitrogen and oxygen atoms in total. The summed E-state index contributed by atoms with van der Waals surface area (Å²) in [5.74, 6) is 2.28. The summed E-state index contributed by atoms with van der Waals surface area (Å²) in [6.45, 7) is 2.46. The van der Waals surface area contributed by atoms with Crippen LogP contribution in [0.3, 0.4) is 0 Å². The molecule has 4 aromatic rings. The average Bonchev–Trinajstić information content (AvgIpc) is 2.79. The minimum Gasteiger partial charge on any atom is -0.505 e. The zero-order valence-corrected chi connectivity index (χ0v) is 16.9. The molecule has 2 aromatic carbocycles. The number of nitrogens with one attached hydrogen (secondary N) is 2. The number of benzene rings is 2. The molecule has 0 aliphatic carbocycles. The fourth-order valence-corrected chi connectivity index (χ4v) is 3.50. The Morgan fingerprint density at radius 2 is 1.97 bits per heavy atom. The number of pyridine rings is 2. The number of anilines is 1. The smallest absolute Gasteiger partial charge is 0.272 e. The number of fused-ring (bicyclic) bond motifs is 1. The van der Waals surface area contributed by atoms with Gasteiger partial charge in [-0.05, 0) is 37.3 Å². The number of hydrogen-bond acceptors (Lipinski definition) is 5. The molecule has 0 radical (unpaired) electrons. The van der Waals surface area contributed by atoms with Crippen LogP contribution >= 0.6 is 0 Å². The highest BCUT2D eigenvalue weighted by atomic mass is 16.5. The monoisotopic (exact) mass is 402 g/mol. The van der Waals surface area contributed by atoms with E-state index in [1.54, 1.807) is 13.3 Å². The molecule has 2 aromatic heterocycles. The van der Waals surface area contributed by atoms with Crippen LogP contribution in [0.2, 0.25) is 0 Å². The summed E-state index contributed by atoms with van der Waals surface area (Å²) in [6, 6.07) is 18.9. The van der Waals surface area contributed by atoms with Gasteiger partial charge in [-0.3, -0.25) is 10.3 Å². The van der Waals surface area contributed by atoms with Gasteiger partial charge in [-0.1, -0.05) is 24.3 Å². The number of hydrogen-bond donors (Lipinski definition) is 2. The maximum Gasteiger partial charge on any atom is 0.272 e. The van der Waals surface area contributed by atoms with E-state index in [1.165, 1.54) is 0 Å². The van der Waals surface area contributed by atoms with Crippen LogP contribution in [0.5, 0.6) is 17.2 Å². The molecule has 0 spiro atoms. The van der Waals surface area contributed by atoms with Gasteiger partial charge in [-0.2, -0.15) is 0 Å². The van der Waals surface area contributed by atoms with Crippen molar-refractivity contribution in [3.63, 3.8) is 0 Å². The van der Waals surface area contributed by atoms with Crippen molar-refractivity contribution >= 4 is 16.7 Å². The first-order valence-corrected chi connectivity index (χ1v) is 9.82. The van der Waals surface area contributed by atoms with Crippen molar-refractivity contribution in [3.05, 3.63) is 84.2 Å². The molecule has 0 saturated carbocycles. The summed E-state index contributed by atoms with van der Waals surface area (Å²) in [7, 11) is 1.62. The fourth-order valence-electron chi connectivity index (χ4n) is 3.50. The largest absolute Gasteiger partial charge is 0.505 e. The summed E-state index contributed by atoms with van der Waals surface area (Å²) in [6.07, 6.45) is 3.53. The third-order valence-corrected chi connectivity index (χ3v) is 4.92. The van der Waals surface area contributed by atoms with E-state index in [0.717, 1.165) is 16.8 Å². The maximum absolute atomic E-state index is 11.1. The second-order valence-electron chi connectivity index (χ2n) is 6.78. The Kier molecular flexibility index (Phi) is 5.66. The molecule has 6 heteroatoms. The van der Waals surface area contributed by atoms with Crippen LogP contribution in [0.15, 0.2) is 73.1 Å². The number of nitrogens with zero attached hydrogens (tertiary/aromatic N) is 1. The van der Waals surface area contributed by atoms with Crippen LogP contribution in [-0.2, 0) is 0 Å². The van der Waals surface area contributed by atoms with E-state index in [0.29, 0.717) is 29.2 Å². The zero-order chi connectivity index (χ0) is 20.9. The Balaban J connectivity index is 1.85. The summed E-state index contributed by atoms with van der Waals surface area (Å²) in [5.41, 5.74) is 2.20. The maximum atomic E-state index is 11.1. The van der Waals surface area contributed by atoms with Gasteiger partial charge in [0.1, 0.15) is 17.3 Å². The van der Waals surface area contributed by atoms with E-state index < -0.39 is 0 Å². The Labute approximate surface area is 175 Å². The van der Waals surface area contributed by atoms with Crippen molar-refractivity contribution in [3.8, 4) is 17.2 Å². The standard InChI is InChI=1S/C24H23N3O3/c1-3-30-20-15-17(10-12-19(20)29-2)22(27-21-8-4-5-13-25-21)18-11-9-16-7-6-14-26-23(16)24(18)28/h4-15,22,28H,3H2,1-2H3,(H,25,27)/p+1/t22-/m0/s1. The number of aromatic amines is 1. The van der Waals surface area contributed by atoms with Gasteiger partial charge in [-0.25, -0.2) is 4.98 Å². The van der Waals surface area contributed by atoms with E-state index in [2.05, 4.69) is 15.3 Å². The molecule has 0 bridgehead atoms. The lowest BCUT2D eigenvalue weighted by Crippen LogP contribution is -2.19. The minimum absolute atomic E-state index is 0.148. The SMILES string of the molecule is CCOc1cc([C@H](Nc2cccc[nH+]2)c2ccc3cccnc3c2O)ccc1OC. The first-order chi connectivity index (χ1) is 14.7. The predicted octanol–water partition coefficient (Wildman–Crippen LogP) is 4.36. The van der Waals surface area contributed by atoms with E-state index in [4.69, 9.17) is 9.47 Å². The number of phenols is 1. The van der Waals surface area contributed by atoms with E-state index >= 15 is 0 Å². The molecule has 1 atom stereocenters. The second-order valence-corrected chi connectivity index (χ2v) is 6.78. The molecule has 2 heterocycles. The second kappa shape index (κ2) is 8.69. The Bertz CT molecular complexity index is 1150. The number of ether oxygens (including phenoxy) is 2. The highest BCUT2D eigenvalue weighted by Gasteiger charge is 2.25. The van der Waals surface area contributed by atoms with Gasteiger partial charge in [-0.15, -0.1) is 0 Å². The van der Waals surface area contributed by atoms with Gasteiger partial charge in [0.2, 0.25) is 0 Å². The van der Waals surface area contributed by atoms with Crippen molar-refractivity contribution in [2.45, 2.75) is 13.0 Å². The molecule has 0 amide bonds. The third kappa shape index (κ3) is 3.85. The first-order valence-electron chi connectivity index (χ1n) is 9.82. The van der Waals surface area contributed by atoms with Crippen LogP contribution < -0.4 is 19.8 Å². The topological polar surface area (TPSA) is 77.8 Å². The van der Waals surface area contributed by atoms with Gasteiger partial charge in [0, 0.05) is 28.8 Å². The van der Waals surface area contributed by atoms with Gasteiger partial charge >= 0.3 is 0 Å². The Morgan fingerprint density at radius 3 is 2.73 bits per heavy atom. The molecule has 0 saturated heterocycles. The molecule has 0 aliphatic heterocycles. The number of rotatable bonds is 7. The van der Waals surface area contributed by atoms with Crippen molar-refractivity contribution in [1.82, 2.24) is 4.98 Å². The molecular weight excluding hydrogens is 378 g/mol. The summed E-state index contributed by atoms with van der Waals surface area (Å²) in [5, 5.41) is 15.4. The number of methoxy groups -OCH3 is 1. The number of aromatic hydroxyl groups is 1. The molecule has 4 rings (SSSR count). The van der Waals surface area contributed by atoms with Crippen LogP contribution in [0.4, 0.5) is 5.82 Å². The number of aromatic nitrogens is 2. The van der Waals surface area contributed by atoms with Crippen LogP contribution in [0, 0.1) is 0 Å². The van der Waals surface area contributed by atoms with Crippen molar-refractivity contribution in [2.24, 2.45) is 0 Å². The molecule has 0 unspecified atom stereocenters. The zero-order valence-electron chi connectivity index (χ0n) is 16.9. The van der Waals surface area contributed by atoms with Crippen molar-refractivity contribution in [2.75, 3.05) is 19.0 Å². The van der Waals surface area contributed by atoms with Gasteiger partial charge in [0.15, 0.2) is 11.5 Å². The van der Waals surface area contributed by atoms with Gasteiger partial charge in [0.25, 0.3) is 5.82 Å². The molecule has 0 aliphatic rings. The third-order valence-electron chi connectivity index (χ3n) is 4.92. The van der Waals surface area contributed by atoms with Gasteiger partial charge < -0.3 is 14.6 Å². The number of phenolic OH excluding ortho intramolecular Hbond substituents is 1. The molecule has 152 valence electrons. The highest BCUT2D eigenvalue weighted by Crippen LogP contribution is 2.38. The predicted molar refractivity (Wildman–Crippen MR) is 116 cm³/mol. The summed E-state index contributed by atoms with van der Waals surface area (Å²) >= 11 is 0. The average molecular weight is 402 g/mol. The van der Waals surface area contributed by atoms with Crippen LogP contribution in [0.25, 0.3) is 10.9 Å². The molecule has 30 heavy (non-hydrogen) atoms. The number of H-pyrrole nitrogens is 1. The van der Waals surface area contributed by atoms with Crippen LogP contribution in [-0.4, -0.2) is 23.8 Å². The van der Waals surface area contributed by atoms with Crippen LogP contribution in [0.1, 0.15) is 24.1 Å². The summed E-state index contributed by atoms with van der Waals surface area (Å²) < 4.78 is 11.2. The lowest BCUT2D eigenvalue weighted by molar-refractivity contribution is -0.361. The molecule has 0 fully saturated rings. The first kappa shape index (κ1) is 19.5. The lowest BCUT2D eigenvalue weighted by Gasteiger charge is -2.19. The minimum atomic E-state index is -0.347. The van der Waals surface area contributed by atoms with E-state index in [1.807, 2.05) is 73.8 Å². The van der Waals surface area contributed by atoms with E-state index in [-0.39, 0.29) is 11.8 Å². The summed E-state index contributed by atoms with van der Waals surface area (Å²) in [4.78, 5) is 7.56. The van der Waals surface area contributed by atoms with Crippen molar-refractivity contribution in [1.29, 1.82) is 0 Å². The molecule has 3 N–H and O–H groups in total. The molecular formula is C24H24N3O3+. The fraction of sp³-hybridized carbons (Fsp3) is 0.167. The highest BCUT2D eigenvalue weighted by molar-refractivity contribution is 5.86. The lowest BCUT2D eigenvalue weighted by atomic mass is 9.95.